The van der Waals surface area contributed by atoms with Crippen molar-refractivity contribution in [3.05, 3.63) is 35.4 Å². The third kappa shape index (κ3) is 4.05. The van der Waals surface area contributed by atoms with Crippen LogP contribution >= 0.6 is 0 Å². The molecule has 0 aliphatic rings. The number of hydrogen-bond donors (Lipinski definition) is 2. The fraction of sp³-hybridized carbons (Fsp3) is 0.417. The maximum atomic E-state index is 13.4. The van der Waals surface area contributed by atoms with Crippen LogP contribution in [-0.4, -0.2) is 42.7 Å². The van der Waals surface area contributed by atoms with E-state index in [2.05, 4.69) is 5.32 Å². The zero-order valence-corrected chi connectivity index (χ0v) is 10.3. The Labute approximate surface area is 104 Å². The van der Waals surface area contributed by atoms with Crippen molar-refractivity contribution in [1.82, 2.24) is 10.2 Å². The lowest BCUT2D eigenvalue weighted by atomic mass is 10.2. The van der Waals surface area contributed by atoms with Gasteiger partial charge < -0.3 is 10.4 Å². The average Bonchev–Trinajstić information content (AvgIpc) is 2.29. The first-order valence-electron chi connectivity index (χ1n) is 5.46. The van der Waals surface area contributed by atoms with Gasteiger partial charge in [-0.3, -0.25) is 9.69 Å². The largest absolute Gasteiger partial charge is 0.480 e. The Morgan fingerprint density at radius 1 is 1.50 bits per heavy atom. The summed E-state index contributed by atoms with van der Waals surface area (Å²) in [6.45, 7) is 0.445. The van der Waals surface area contributed by atoms with Crippen molar-refractivity contribution in [2.45, 2.75) is 12.6 Å². The van der Waals surface area contributed by atoms with Crippen LogP contribution in [0.15, 0.2) is 18.2 Å². The summed E-state index contributed by atoms with van der Waals surface area (Å²) in [5, 5.41) is 11.5. The Hall–Kier alpha value is -1.53. The van der Waals surface area contributed by atoms with Gasteiger partial charge in [-0.25, -0.2) is 8.78 Å². The highest BCUT2D eigenvalue weighted by Crippen LogP contribution is 2.11. The molecule has 1 rings (SSSR count). The summed E-state index contributed by atoms with van der Waals surface area (Å²) in [6, 6.07) is 2.63. The first-order chi connectivity index (χ1) is 8.43. The number of carbonyl (C=O) groups is 1. The number of nitrogens with one attached hydrogen (secondary N) is 1. The molecule has 0 saturated heterocycles. The summed E-state index contributed by atoms with van der Waals surface area (Å²) >= 11 is 0. The fourth-order valence-corrected chi connectivity index (χ4v) is 1.61. The van der Waals surface area contributed by atoms with Crippen molar-refractivity contribution in [3.63, 3.8) is 0 Å². The summed E-state index contributed by atoms with van der Waals surface area (Å²) < 4.78 is 26.1. The predicted molar refractivity (Wildman–Crippen MR) is 63.2 cm³/mol. The zero-order valence-electron chi connectivity index (χ0n) is 10.3. The summed E-state index contributed by atoms with van der Waals surface area (Å²) in [4.78, 5) is 12.5. The van der Waals surface area contributed by atoms with Crippen LogP contribution in [0, 0.1) is 11.6 Å². The number of hydrogen-bond acceptors (Lipinski definition) is 3. The van der Waals surface area contributed by atoms with Crippen LogP contribution in [-0.2, 0) is 11.3 Å². The second-order valence-corrected chi connectivity index (χ2v) is 4.11. The summed E-state index contributed by atoms with van der Waals surface area (Å²) in [6.07, 6.45) is 0. The van der Waals surface area contributed by atoms with Crippen molar-refractivity contribution in [1.29, 1.82) is 0 Å². The molecule has 1 aromatic carbocycles. The standard InChI is InChI=1S/C12H16F2N2O2/c1-15-11(12(17)18)7-16(2)6-8-3-4-9(13)5-10(8)14/h3-5,11,15H,6-7H2,1-2H3,(H,17,18). The van der Waals surface area contributed by atoms with Gasteiger partial charge in [0.15, 0.2) is 0 Å². The molecule has 2 N–H and O–H groups in total. The van der Waals surface area contributed by atoms with Crippen molar-refractivity contribution < 1.29 is 18.7 Å². The van der Waals surface area contributed by atoms with Gasteiger partial charge in [0.25, 0.3) is 0 Å². The highest BCUT2D eigenvalue weighted by atomic mass is 19.1. The Bertz CT molecular complexity index is 427. The van der Waals surface area contributed by atoms with Crippen molar-refractivity contribution in [2.75, 3.05) is 20.6 Å². The van der Waals surface area contributed by atoms with Gasteiger partial charge in [-0.05, 0) is 20.2 Å². The van der Waals surface area contributed by atoms with Crippen LogP contribution in [0.2, 0.25) is 0 Å². The topological polar surface area (TPSA) is 52.6 Å². The minimum absolute atomic E-state index is 0.220. The number of aliphatic carboxylic acids is 1. The van der Waals surface area contributed by atoms with Gasteiger partial charge in [-0.1, -0.05) is 6.07 Å². The molecule has 1 aromatic rings. The molecule has 4 nitrogen and oxygen atoms in total. The van der Waals surface area contributed by atoms with Crippen molar-refractivity contribution >= 4 is 5.97 Å². The molecule has 0 spiro atoms. The molecule has 100 valence electrons. The normalized spacial score (nSPS) is 12.7. The van der Waals surface area contributed by atoms with Gasteiger partial charge >= 0.3 is 5.97 Å². The summed E-state index contributed by atoms with van der Waals surface area (Å²) in [5.74, 6) is -2.22. The fourth-order valence-electron chi connectivity index (χ4n) is 1.61. The monoisotopic (exact) mass is 258 g/mol. The molecule has 0 bridgehead atoms. The average molecular weight is 258 g/mol. The van der Waals surface area contributed by atoms with Gasteiger partial charge in [0.1, 0.15) is 17.7 Å². The number of nitrogens with zero attached hydrogens (tertiary/aromatic N) is 1. The molecule has 0 amide bonds. The number of benzene rings is 1. The maximum absolute atomic E-state index is 13.4. The zero-order chi connectivity index (χ0) is 13.7. The number of carboxylic acid groups (broad SMARTS) is 1. The van der Waals surface area contributed by atoms with E-state index >= 15 is 0 Å². The molecule has 0 heterocycles. The van der Waals surface area contributed by atoms with E-state index in [-0.39, 0.29) is 13.1 Å². The second-order valence-electron chi connectivity index (χ2n) is 4.11. The highest BCUT2D eigenvalue weighted by Gasteiger charge is 2.17. The van der Waals surface area contributed by atoms with Crippen molar-refractivity contribution in [2.24, 2.45) is 0 Å². The first kappa shape index (κ1) is 14.5. The second kappa shape index (κ2) is 6.42. The van der Waals surface area contributed by atoms with E-state index in [4.69, 9.17) is 5.11 Å². The molecule has 6 heteroatoms. The van der Waals surface area contributed by atoms with Crippen LogP contribution in [0.1, 0.15) is 5.56 Å². The van der Waals surface area contributed by atoms with Gasteiger partial charge in [-0.2, -0.15) is 0 Å². The molecule has 0 aromatic heterocycles. The third-order valence-corrected chi connectivity index (χ3v) is 2.60. The van der Waals surface area contributed by atoms with E-state index in [0.29, 0.717) is 5.56 Å². The number of rotatable bonds is 6. The molecule has 0 aliphatic carbocycles. The molecular formula is C12H16F2N2O2. The molecule has 1 unspecified atom stereocenters. The lowest BCUT2D eigenvalue weighted by molar-refractivity contribution is -0.139. The minimum atomic E-state index is -0.969. The molecule has 18 heavy (non-hydrogen) atoms. The van der Waals surface area contributed by atoms with Gasteiger partial charge in [-0.15, -0.1) is 0 Å². The Morgan fingerprint density at radius 2 is 2.17 bits per heavy atom. The Balaban J connectivity index is 2.64. The van der Waals surface area contributed by atoms with Crippen LogP contribution < -0.4 is 5.32 Å². The SMILES string of the molecule is CNC(CN(C)Cc1ccc(F)cc1F)C(=O)O. The molecular weight excluding hydrogens is 242 g/mol. The minimum Gasteiger partial charge on any atom is -0.480 e. The molecule has 0 aliphatic heterocycles. The van der Waals surface area contributed by atoms with E-state index in [1.54, 1.807) is 19.0 Å². The summed E-state index contributed by atoms with van der Waals surface area (Å²) in [7, 11) is 3.22. The quantitative estimate of drug-likeness (QED) is 0.801. The van der Waals surface area contributed by atoms with E-state index < -0.39 is 23.6 Å². The van der Waals surface area contributed by atoms with Crippen LogP contribution in [0.3, 0.4) is 0 Å². The highest BCUT2D eigenvalue weighted by molar-refractivity contribution is 5.73. The Kier molecular flexibility index (Phi) is 5.18. The predicted octanol–water partition coefficient (Wildman–Crippen LogP) is 1.07. The van der Waals surface area contributed by atoms with Crippen LogP contribution in [0.4, 0.5) is 8.78 Å². The van der Waals surface area contributed by atoms with Gasteiger partial charge in [0.05, 0.1) is 0 Å². The maximum Gasteiger partial charge on any atom is 0.322 e. The van der Waals surface area contributed by atoms with E-state index in [1.165, 1.54) is 12.1 Å². The van der Waals surface area contributed by atoms with E-state index in [0.717, 1.165) is 6.07 Å². The van der Waals surface area contributed by atoms with Gasteiger partial charge in [0, 0.05) is 24.7 Å². The van der Waals surface area contributed by atoms with Gasteiger partial charge in [0.2, 0.25) is 0 Å². The lowest BCUT2D eigenvalue weighted by Gasteiger charge is -2.21. The smallest absolute Gasteiger partial charge is 0.322 e. The third-order valence-electron chi connectivity index (χ3n) is 2.60. The lowest BCUT2D eigenvalue weighted by Crippen LogP contribution is -2.43. The van der Waals surface area contributed by atoms with Crippen LogP contribution in [0.5, 0.6) is 0 Å². The number of halogens is 2. The molecule has 0 radical (unpaired) electrons. The Morgan fingerprint density at radius 3 is 2.67 bits per heavy atom. The molecule has 0 fully saturated rings. The molecule has 0 saturated carbocycles. The number of carboxylic acids is 1. The van der Waals surface area contributed by atoms with E-state index in [9.17, 15) is 13.6 Å². The van der Waals surface area contributed by atoms with E-state index in [1.807, 2.05) is 0 Å². The van der Waals surface area contributed by atoms with Crippen molar-refractivity contribution in [3.8, 4) is 0 Å². The molecule has 1 atom stereocenters. The summed E-state index contributed by atoms with van der Waals surface area (Å²) in [5.41, 5.74) is 0.333. The van der Waals surface area contributed by atoms with Crippen LogP contribution in [0.25, 0.3) is 0 Å². The first-order valence-corrected chi connectivity index (χ1v) is 5.46. The number of likely N-dealkylation sites (N-methyl/N-ethyl adjacent to an activating group) is 2.